The summed E-state index contributed by atoms with van der Waals surface area (Å²) in [6.45, 7) is 3.79. The fourth-order valence-corrected chi connectivity index (χ4v) is 1.03. The van der Waals surface area contributed by atoms with Crippen molar-refractivity contribution in [3.05, 3.63) is 0 Å². The van der Waals surface area contributed by atoms with Crippen molar-refractivity contribution in [1.29, 1.82) is 0 Å². The Balaban J connectivity index is 3.26. The second kappa shape index (κ2) is 4.86. The molecule has 0 saturated carbocycles. The Morgan fingerprint density at radius 2 is 2.33 bits per heavy atom. The zero-order valence-corrected chi connectivity index (χ0v) is 6.60. The van der Waals surface area contributed by atoms with Crippen LogP contribution in [0.3, 0.4) is 0 Å². The van der Waals surface area contributed by atoms with Crippen LogP contribution in [-0.4, -0.2) is 11.0 Å². The van der Waals surface area contributed by atoms with Crippen LogP contribution in [0.15, 0.2) is 0 Å². The van der Waals surface area contributed by atoms with E-state index in [0.29, 0.717) is 0 Å². The first-order valence-corrected chi connectivity index (χ1v) is 4.12. The minimum absolute atomic E-state index is 0.0939. The van der Waals surface area contributed by atoms with Gasteiger partial charge in [0, 0.05) is 4.57 Å². The lowest BCUT2D eigenvalue weighted by Crippen LogP contribution is -2.00. The molecular weight excluding hydrogens is 139 g/mol. The first-order chi connectivity index (χ1) is 4.16. The molecule has 0 bridgehead atoms. The van der Waals surface area contributed by atoms with Crippen LogP contribution in [0.5, 0.6) is 0 Å². The largest absolute Gasteiger partial charge is 0.694 e. The molecule has 2 atom stereocenters. The van der Waals surface area contributed by atoms with Gasteiger partial charge in [-0.1, -0.05) is 13.3 Å². The highest BCUT2D eigenvalue weighted by Crippen LogP contribution is 2.19. The molecule has 0 fully saturated rings. The van der Waals surface area contributed by atoms with E-state index in [1.165, 1.54) is 0 Å². The van der Waals surface area contributed by atoms with Crippen molar-refractivity contribution >= 4 is 8.25 Å². The Morgan fingerprint density at radius 3 is 2.67 bits per heavy atom. The molecule has 0 spiro atoms. The molecule has 0 rings (SSSR count). The lowest BCUT2D eigenvalue weighted by atomic mass is 10.2. The number of hydrogen-bond donors (Lipinski definition) is 1. The van der Waals surface area contributed by atoms with Crippen molar-refractivity contribution in [2.45, 2.75) is 32.8 Å². The summed E-state index contributed by atoms with van der Waals surface area (Å²) in [6, 6.07) is 0. The molecule has 1 N–H and O–H groups in total. The van der Waals surface area contributed by atoms with Gasteiger partial charge < -0.3 is 0 Å². The third-order valence-corrected chi connectivity index (χ3v) is 1.51. The highest BCUT2D eigenvalue weighted by atomic mass is 31.1. The number of rotatable bonds is 4. The molecule has 0 aromatic heterocycles. The van der Waals surface area contributed by atoms with Crippen LogP contribution < -0.4 is 0 Å². The topological polar surface area (TPSA) is 46.5 Å². The van der Waals surface area contributed by atoms with Crippen LogP contribution in [0.1, 0.15) is 26.7 Å². The van der Waals surface area contributed by atoms with E-state index >= 15 is 0 Å². The first-order valence-electron chi connectivity index (χ1n) is 2.99. The zero-order valence-electron chi connectivity index (χ0n) is 5.70. The minimum Gasteiger partial charge on any atom is -0.133 e. The molecule has 3 nitrogen and oxygen atoms in total. The minimum atomic E-state index is -2.40. The van der Waals surface area contributed by atoms with Crippen molar-refractivity contribution in [3.8, 4) is 0 Å². The standard InChI is InChI=1S/C5H11O3P/c1-3-4-5(2)8-9(6)7/h5H,3-4H2,1-2H3/p+1/t5-/m0/s1. The summed E-state index contributed by atoms with van der Waals surface area (Å²) >= 11 is 0. The molecule has 0 aromatic carbocycles. The Hall–Kier alpha value is 0.0200. The van der Waals surface area contributed by atoms with Crippen molar-refractivity contribution < 1.29 is 14.0 Å². The Morgan fingerprint density at radius 1 is 1.78 bits per heavy atom. The third kappa shape index (κ3) is 5.90. The second-order valence-electron chi connectivity index (χ2n) is 1.94. The predicted octanol–water partition coefficient (Wildman–Crippen LogP) is 1.84. The van der Waals surface area contributed by atoms with Crippen LogP contribution in [0.4, 0.5) is 0 Å². The molecule has 0 heterocycles. The van der Waals surface area contributed by atoms with Crippen LogP contribution in [0.25, 0.3) is 0 Å². The van der Waals surface area contributed by atoms with E-state index in [2.05, 4.69) is 4.52 Å². The van der Waals surface area contributed by atoms with Crippen LogP contribution >= 0.6 is 8.25 Å². The van der Waals surface area contributed by atoms with Gasteiger partial charge in [-0.3, -0.25) is 0 Å². The maximum Gasteiger partial charge on any atom is 0.694 e. The van der Waals surface area contributed by atoms with Gasteiger partial charge in [-0.2, -0.15) is 0 Å². The monoisotopic (exact) mass is 151 g/mol. The quantitative estimate of drug-likeness (QED) is 0.623. The van der Waals surface area contributed by atoms with E-state index in [1.54, 1.807) is 6.92 Å². The molecule has 0 amide bonds. The van der Waals surface area contributed by atoms with Gasteiger partial charge >= 0.3 is 8.25 Å². The van der Waals surface area contributed by atoms with E-state index in [4.69, 9.17) is 4.89 Å². The highest BCUT2D eigenvalue weighted by molar-refractivity contribution is 7.32. The molecule has 1 unspecified atom stereocenters. The maximum atomic E-state index is 10.0. The van der Waals surface area contributed by atoms with Gasteiger partial charge in [0.1, 0.15) is 6.10 Å². The van der Waals surface area contributed by atoms with E-state index < -0.39 is 8.25 Å². The van der Waals surface area contributed by atoms with Gasteiger partial charge in [-0.15, -0.1) is 9.42 Å². The summed E-state index contributed by atoms with van der Waals surface area (Å²) in [5.41, 5.74) is 0. The van der Waals surface area contributed by atoms with Gasteiger partial charge in [0.15, 0.2) is 0 Å². The molecule has 0 aliphatic rings. The van der Waals surface area contributed by atoms with Crippen LogP contribution in [-0.2, 0) is 9.09 Å². The average molecular weight is 151 g/mol. The highest BCUT2D eigenvalue weighted by Gasteiger charge is 2.17. The summed E-state index contributed by atoms with van der Waals surface area (Å²) in [4.78, 5) is 8.24. The van der Waals surface area contributed by atoms with Gasteiger partial charge in [0.05, 0.1) is 0 Å². The molecule has 0 aliphatic heterocycles. The molecule has 0 saturated heterocycles. The first kappa shape index (κ1) is 9.02. The zero-order chi connectivity index (χ0) is 7.28. The molecule has 4 heteroatoms. The smallest absolute Gasteiger partial charge is 0.133 e. The van der Waals surface area contributed by atoms with Gasteiger partial charge in [-0.25, -0.2) is 0 Å². The summed E-state index contributed by atoms with van der Waals surface area (Å²) in [5.74, 6) is 0. The molecule has 0 radical (unpaired) electrons. The van der Waals surface area contributed by atoms with E-state index in [0.717, 1.165) is 12.8 Å². The summed E-state index contributed by atoms with van der Waals surface area (Å²) in [6.07, 6.45) is 1.72. The van der Waals surface area contributed by atoms with Crippen molar-refractivity contribution in [2.75, 3.05) is 0 Å². The normalized spacial score (nSPS) is 15.2. The second-order valence-corrected chi connectivity index (χ2v) is 2.63. The van der Waals surface area contributed by atoms with E-state index in [-0.39, 0.29) is 6.10 Å². The Labute approximate surface area is 56.0 Å². The van der Waals surface area contributed by atoms with Gasteiger partial charge in [0.2, 0.25) is 0 Å². The predicted molar refractivity (Wildman–Crippen MR) is 35.3 cm³/mol. The Bertz CT molecular complexity index is 94.2. The van der Waals surface area contributed by atoms with E-state index in [1.807, 2.05) is 6.92 Å². The average Bonchev–Trinajstić information content (AvgIpc) is 1.63. The van der Waals surface area contributed by atoms with E-state index in [9.17, 15) is 4.57 Å². The number of hydrogen-bond acceptors (Lipinski definition) is 2. The fourth-order valence-electron chi connectivity index (χ4n) is 0.613. The fraction of sp³-hybridized carbons (Fsp3) is 1.00. The van der Waals surface area contributed by atoms with Crippen molar-refractivity contribution in [3.63, 3.8) is 0 Å². The van der Waals surface area contributed by atoms with Crippen LogP contribution in [0.2, 0.25) is 0 Å². The maximum absolute atomic E-state index is 10.0. The van der Waals surface area contributed by atoms with Crippen LogP contribution in [0, 0.1) is 0 Å². The van der Waals surface area contributed by atoms with Crippen molar-refractivity contribution in [2.24, 2.45) is 0 Å². The molecule has 54 valence electrons. The molecule has 0 aliphatic carbocycles. The van der Waals surface area contributed by atoms with Gasteiger partial charge in [-0.05, 0) is 13.3 Å². The SMILES string of the molecule is CCC[C@H](C)O[P+](=O)O. The summed E-state index contributed by atoms with van der Waals surface area (Å²) in [5, 5.41) is 0. The molecule has 9 heavy (non-hydrogen) atoms. The lowest BCUT2D eigenvalue weighted by molar-refractivity contribution is 0.195. The summed E-state index contributed by atoms with van der Waals surface area (Å²) < 4.78 is 14.6. The lowest BCUT2D eigenvalue weighted by Gasteiger charge is -1.97. The molecular formula is C5H12O3P+. The molecule has 0 aromatic rings. The van der Waals surface area contributed by atoms with Gasteiger partial charge in [0.25, 0.3) is 0 Å². The van der Waals surface area contributed by atoms with Crippen molar-refractivity contribution in [1.82, 2.24) is 0 Å². The Kier molecular flexibility index (Phi) is 4.87. The summed E-state index contributed by atoms with van der Waals surface area (Å²) in [7, 11) is -2.40. The third-order valence-electron chi connectivity index (χ3n) is 0.965.